The minimum Gasteiger partial charge on any atom is -0.281 e. The van der Waals surface area contributed by atoms with Crippen LogP contribution in [0.2, 0.25) is 0 Å². The molecule has 0 atom stereocenters. The smallest absolute Gasteiger partial charge is 0.265 e. The van der Waals surface area contributed by atoms with Crippen LogP contribution in [-0.2, 0) is 10.0 Å². The Bertz CT molecular complexity index is 786. The van der Waals surface area contributed by atoms with E-state index in [2.05, 4.69) is 30.8 Å². The molecule has 0 saturated heterocycles. The van der Waals surface area contributed by atoms with E-state index in [9.17, 15) is 8.42 Å². The van der Waals surface area contributed by atoms with Crippen molar-refractivity contribution in [2.45, 2.75) is 18.7 Å². The predicted octanol–water partition coefficient (Wildman–Crippen LogP) is 2.46. The van der Waals surface area contributed by atoms with Gasteiger partial charge in [0.1, 0.15) is 11.0 Å². The Morgan fingerprint density at radius 3 is 2.65 bits per heavy atom. The number of aromatic nitrogens is 2. The molecule has 0 fully saturated rings. The van der Waals surface area contributed by atoms with Crippen molar-refractivity contribution in [2.24, 2.45) is 0 Å². The SMILES string of the molecule is Cc1n[nH]c(C)c1S(=O)(=O)Nc1ccc(Br)cc1C#N. The molecule has 20 heavy (non-hydrogen) atoms. The molecule has 0 unspecified atom stereocenters. The Morgan fingerprint density at radius 2 is 2.10 bits per heavy atom. The summed E-state index contributed by atoms with van der Waals surface area (Å²) in [5.74, 6) is 0. The molecule has 2 aromatic rings. The van der Waals surface area contributed by atoms with Crippen molar-refractivity contribution in [3.8, 4) is 6.07 Å². The number of hydrogen-bond donors (Lipinski definition) is 2. The molecule has 2 N–H and O–H groups in total. The maximum Gasteiger partial charge on any atom is 0.265 e. The van der Waals surface area contributed by atoms with Gasteiger partial charge in [-0.2, -0.15) is 10.4 Å². The normalized spacial score (nSPS) is 11.1. The number of hydrogen-bond acceptors (Lipinski definition) is 4. The summed E-state index contributed by atoms with van der Waals surface area (Å²) in [6.45, 7) is 3.23. The maximum atomic E-state index is 12.4. The van der Waals surface area contributed by atoms with Crippen LogP contribution < -0.4 is 4.72 Å². The van der Waals surface area contributed by atoms with Crippen LogP contribution in [0.4, 0.5) is 5.69 Å². The van der Waals surface area contributed by atoms with Gasteiger partial charge in [-0.1, -0.05) is 15.9 Å². The lowest BCUT2D eigenvalue weighted by molar-refractivity contribution is 0.600. The number of rotatable bonds is 3. The number of halogens is 1. The molecule has 2 rings (SSSR count). The Morgan fingerprint density at radius 1 is 1.40 bits per heavy atom. The van der Waals surface area contributed by atoms with E-state index >= 15 is 0 Å². The lowest BCUT2D eigenvalue weighted by Gasteiger charge is -2.09. The molecule has 0 spiro atoms. The van der Waals surface area contributed by atoms with Gasteiger partial charge in [-0.3, -0.25) is 9.82 Å². The second kappa shape index (κ2) is 5.26. The molecule has 0 saturated carbocycles. The summed E-state index contributed by atoms with van der Waals surface area (Å²) in [6, 6.07) is 6.69. The Kier molecular flexibility index (Phi) is 3.83. The Hall–Kier alpha value is -1.85. The van der Waals surface area contributed by atoms with Gasteiger partial charge in [-0.15, -0.1) is 0 Å². The predicted molar refractivity (Wildman–Crippen MR) is 77.7 cm³/mol. The quantitative estimate of drug-likeness (QED) is 0.884. The molecule has 0 bridgehead atoms. The average molecular weight is 355 g/mol. The zero-order chi connectivity index (χ0) is 14.9. The lowest BCUT2D eigenvalue weighted by atomic mass is 10.2. The van der Waals surface area contributed by atoms with Gasteiger partial charge in [0.15, 0.2) is 0 Å². The van der Waals surface area contributed by atoms with E-state index in [0.717, 1.165) is 0 Å². The van der Waals surface area contributed by atoms with E-state index in [1.54, 1.807) is 26.0 Å². The van der Waals surface area contributed by atoms with Crippen molar-refractivity contribution in [1.29, 1.82) is 5.26 Å². The molecule has 104 valence electrons. The largest absolute Gasteiger partial charge is 0.281 e. The lowest BCUT2D eigenvalue weighted by Crippen LogP contribution is -2.15. The summed E-state index contributed by atoms with van der Waals surface area (Å²) in [6.07, 6.45) is 0. The minimum absolute atomic E-state index is 0.101. The number of aromatic amines is 1. The molecule has 0 aliphatic rings. The highest BCUT2D eigenvalue weighted by Gasteiger charge is 2.23. The fourth-order valence-corrected chi connectivity index (χ4v) is 3.64. The van der Waals surface area contributed by atoms with Gasteiger partial charge in [0.05, 0.1) is 22.6 Å². The summed E-state index contributed by atoms with van der Waals surface area (Å²) in [5, 5.41) is 15.5. The van der Waals surface area contributed by atoms with Crippen LogP contribution in [0.15, 0.2) is 27.6 Å². The first-order valence-corrected chi connectivity index (χ1v) is 7.87. The summed E-state index contributed by atoms with van der Waals surface area (Å²) in [4.78, 5) is 0.101. The molecule has 1 heterocycles. The van der Waals surface area contributed by atoms with Gasteiger partial charge in [-0.25, -0.2) is 8.42 Å². The molecule has 0 amide bonds. The summed E-state index contributed by atoms with van der Waals surface area (Å²) in [7, 11) is -3.79. The molecule has 1 aromatic heterocycles. The van der Waals surface area contributed by atoms with E-state index < -0.39 is 10.0 Å². The van der Waals surface area contributed by atoms with Gasteiger partial charge in [-0.05, 0) is 32.0 Å². The number of aryl methyl sites for hydroxylation is 2. The molecular weight excluding hydrogens is 344 g/mol. The third-order valence-corrected chi connectivity index (χ3v) is 4.80. The Labute approximate surface area is 125 Å². The van der Waals surface area contributed by atoms with Crippen LogP contribution in [0.5, 0.6) is 0 Å². The molecule has 0 aliphatic heterocycles. The first kappa shape index (κ1) is 14.6. The molecule has 0 radical (unpaired) electrons. The number of sulfonamides is 1. The zero-order valence-electron chi connectivity index (χ0n) is 10.7. The van der Waals surface area contributed by atoms with Crippen LogP contribution in [0.3, 0.4) is 0 Å². The fourth-order valence-electron chi connectivity index (χ4n) is 1.83. The van der Waals surface area contributed by atoms with E-state index in [1.807, 2.05) is 6.07 Å². The first-order valence-electron chi connectivity index (χ1n) is 5.59. The molecular formula is C12H11BrN4O2S. The number of nitrogens with one attached hydrogen (secondary N) is 2. The topological polar surface area (TPSA) is 98.6 Å². The van der Waals surface area contributed by atoms with Gasteiger partial charge in [0, 0.05) is 4.47 Å². The monoisotopic (exact) mass is 354 g/mol. The van der Waals surface area contributed by atoms with Crippen LogP contribution in [-0.4, -0.2) is 18.6 Å². The third-order valence-electron chi connectivity index (χ3n) is 2.68. The van der Waals surface area contributed by atoms with Crippen molar-refractivity contribution in [3.05, 3.63) is 39.6 Å². The fraction of sp³-hybridized carbons (Fsp3) is 0.167. The second-order valence-electron chi connectivity index (χ2n) is 4.17. The highest BCUT2D eigenvalue weighted by atomic mass is 79.9. The van der Waals surface area contributed by atoms with Crippen LogP contribution in [0, 0.1) is 25.2 Å². The maximum absolute atomic E-state index is 12.4. The number of nitriles is 1. The van der Waals surface area contributed by atoms with Crippen LogP contribution in [0.25, 0.3) is 0 Å². The summed E-state index contributed by atoms with van der Waals surface area (Å²) in [5.41, 5.74) is 1.30. The first-order chi connectivity index (χ1) is 9.35. The summed E-state index contributed by atoms with van der Waals surface area (Å²) < 4.78 is 27.8. The van der Waals surface area contributed by atoms with Crippen molar-refractivity contribution >= 4 is 31.6 Å². The number of anilines is 1. The third kappa shape index (κ3) is 2.69. The molecule has 8 heteroatoms. The number of H-pyrrole nitrogens is 1. The summed E-state index contributed by atoms with van der Waals surface area (Å²) >= 11 is 3.24. The average Bonchev–Trinajstić information content (AvgIpc) is 2.71. The van der Waals surface area contributed by atoms with Gasteiger partial charge >= 0.3 is 0 Å². The molecule has 1 aromatic carbocycles. The van der Waals surface area contributed by atoms with E-state index in [-0.39, 0.29) is 16.1 Å². The van der Waals surface area contributed by atoms with Gasteiger partial charge in [0.2, 0.25) is 0 Å². The molecule has 6 nitrogen and oxygen atoms in total. The van der Waals surface area contributed by atoms with Crippen LogP contribution in [0.1, 0.15) is 17.0 Å². The number of benzene rings is 1. The van der Waals surface area contributed by atoms with Crippen molar-refractivity contribution in [1.82, 2.24) is 10.2 Å². The van der Waals surface area contributed by atoms with Gasteiger partial charge in [0.25, 0.3) is 10.0 Å². The standard InChI is InChI=1S/C12H11BrN4O2S/c1-7-12(8(2)16-15-7)20(18,19)17-11-4-3-10(13)5-9(11)6-14/h3-5,17H,1-2H3,(H,15,16). The minimum atomic E-state index is -3.79. The highest BCUT2D eigenvalue weighted by Crippen LogP contribution is 2.25. The number of nitrogens with zero attached hydrogens (tertiary/aromatic N) is 2. The van der Waals surface area contributed by atoms with Crippen LogP contribution >= 0.6 is 15.9 Å². The second-order valence-corrected chi connectivity index (χ2v) is 6.71. The van der Waals surface area contributed by atoms with E-state index in [0.29, 0.717) is 15.9 Å². The van der Waals surface area contributed by atoms with Crippen molar-refractivity contribution in [2.75, 3.05) is 4.72 Å². The van der Waals surface area contributed by atoms with E-state index in [1.165, 1.54) is 6.07 Å². The van der Waals surface area contributed by atoms with Crippen molar-refractivity contribution in [3.63, 3.8) is 0 Å². The van der Waals surface area contributed by atoms with Crippen molar-refractivity contribution < 1.29 is 8.42 Å². The van der Waals surface area contributed by atoms with Gasteiger partial charge < -0.3 is 0 Å². The molecule has 0 aliphatic carbocycles. The highest BCUT2D eigenvalue weighted by molar-refractivity contribution is 9.10. The Balaban J connectivity index is 2.47. The zero-order valence-corrected chi connectivity index (χ0v) is 13.1. The van der Waals surface area contributed by atoms with E-state index in [4.69, 9.17) is 5.26 Å².